The van der Waals surface area contributed by atoms with E-state index in [1.54, 1.807) is 18.2 Å². The first-order valence-corrected chi connectivity index (χ1v) is 12.6. The summed E-state index contributed by atoms with van der Waals surface area (Å²) in [5, 5.41) is 13.0. The molecule has 0 aromatic heterocycles. The van der Waals surface area contributed by atoms with Gasteiger partial charge < -0.3 is 10.4 Å². The SMILES string of the molecule is O=C(O)[C@H](Br)/N=C(/c1ccccc1)c1cc(Cl)ccc1NC(=O)[C@@H]1CCCN1Cc1ccccc1. The maximum Gasteiger partial charge on any atom is 0.339 e. The lowest BCUT2D eigenvalue weighted by Gasteiger charge is -2.24. The number of amides is 1. The van der Waals surface area contributed by atoms with Crippen LogP contribution in [0.5, 0.6) is 0 Å². The number of carboxylic acids is 1. The van der Waals surface area contributed by atoms with Crippen molar-refractivity contribution in [2.45, 2.75) is 30.4 Å². The number of rotatable bonds is 8. The summed E-state index contributed by atoms with van der Waals surface area (Å²) in [7, 11) is 0. The summed E-state index contributed by atoms with van der Waals surface area (Å²) in [6.45, 7) is 1.55. The van der Waals surface area contributed by atoms with E-state index in [0.29, 0.717) is 34.1 Å². The Kier molecular flexibility index (Phi) is 8.33. The number of anilines is 1. The average Bonchev–Trinajstić information content (AvgIpc) is 3.33. The van der Waals surface area contributed by atoms with E-state index in [-0.39, 0.29) is 11.9 Å². The van der Waals surface area contributed by atoms with E-state index in [4.69, 9.17) is 11.6 Å². The molecule has 1 saturated heterocycles. The molecule has 0 aliphatic carbocycles. The quantitative estimate of drug-likeness (QED) is 0.216. The highest BCUT2D eigenvalue weighted by Crippen LogP contribution is 2.27. The van der Waals surface area contributed by atoms with E-state index in [9.17, 15) is 14.7 Å². The van der Waals surface area contributed by atoms with Gasteiger partial charge in [-0.1, -0.05) is 88.2 Å². The smallest absolute Gasteiger partial charge is 0.339 e. The molecule has 0 saturated carbocycles. The van der Waals surface area contributed by atoms with Gasteiger partial charge in [0.05, 0.1) is 17.4 Å². The zero-order chi connectivity index (χ0) is 24.8. The second-order valence-electron chi connectivity index (χ2n) is 8.31. The van der Waals surface area contributed by atoms with Gasteiger partial charge in [-0.05, 0) is 43.1 Å². The molecule has 180 valence electrons. The lowest BCUT2D eigenvalue weighted by Crippen LogP contribution is -2.39. The van der Waals surface area contributed by atoms with E-state index in [0.717, 1.165) is 24.9 Å². The van der Waals surface area contributed by atoms with Crippen LogP contribution in [-0.4, -0.2) is 45.1 Å². The Balaban J connectivity index is 1.64. The minimum atomic E-state index is -1.16. The van der Waals surface area contributed by atoms with Crippen LogP contribution >= 0.6 is 27.5 Å². The van der Waals surface area contributed by atoms with Gasteiger partial charge in [0, 0.05) is 22.7 Å². The predicted octanol–water partition coefficient (Wildman–Crippen LogP) is 5.59. The van der Waals surface area contributed by atoms with E-state index >= 15 is 0 Å². The van der Waals surface area contributed by atoms with Crippen LogP contribution in [0.4, 0.5) is 5.69 Å². The third kappa shape index (κ3) is 6.36. The molecule has 1 amide bonds. The molecule has 1 aliphatic heterocycles. The van der Waals surface area contributed by atoms with Crippen molar-refractivity contribution in [2.75, 3.05) is 11.9 Å². The number of carboxylic acid groups (broad SMARTS) is 1. The highest BCUT2D eigenvalue weighted by Gasteiger charge is 2.31. The number of carbonyl (C=O) groups is 2. The van der Waals surface area contributed by atoms with Crippen LogP contribution < -0.4 is 5.32 Å². The summed E-state index contributed by atoms with van der Waals surface area (Å²) in [4.78, 5) is 30.4. The second-order valence-corrected chi connectivity index (χ2v) is 9.61. The molecule has 3 aromatic rings. The molecule has 4 rings (SSSR count). The van der Waals surface area contributed by atoms with Gasteiger partial charge in [0.25, 0.3) is 0 Å². The fraction of sp³-hybridized carbons (Fsp3) is 0.222. The van der Waals surface area contributed by atoms with Crippen LogP contribution in [-0.2, 0) is 16.1 Å². The lowest BCUT2D eigenvalue weighted by atomic mass is 10.00. The van der Waals surface area contributed by atoms with Crippen molar-refractivity contribution in [2.24, 2.45) is 4.99 Å². The Morgan fingerprint density at radius 3 is 2.46 bits per heavy atom. The molecule has 1 aliphatic rings. The number of benzene rings is 3. The Morgan fingerprint density at radius 1 is 1.09 bits per heavy atom. The van der Waals surface area contributed by atoms with Crippen molar-refractivity contribution in [1.82, 2.24) is 4.90 Å². The van der Waals surface area contributed by atoms with E-state index in [2.05, 4.69) is 43.3 Å². The normalized spacial score (nSPS) is 17.2. The summed E-state index contributed by atoms with van der Waals surface area (Å²) >= 11 is 9.43. The maximum absolute atomic E-state index is 13.4. The predicted molar refractivity (Wildman–Crippen MR) is 142 cm³/mol. The monoisotopic (exact) mass is 553 g/mol. The summed E-state index contributed by atoms with van der Waals surface area (Å²) < 4.78 is 0. The third-order valence-corrected chi connectivity index (χ3v) is 6.71. The molecular weight excluding hydrogens is 530 g/mol. The van der Waals surface area contributed by atoms with Gasteiger partial charge in [0.2, 0.25) is 10.9 Å². The summed E-state index contributed by atoms with van der Waals surface area (Å²) in [6.07, 6.45) is 1.71. The molecule has 3 aromatic carbocycles. The van der Waals surface area contributed by atoms with Crippen LogP contribution in [0.1, 0.15) is 29.5 Å². The van der Waals surface area contributed by atoms with Crippen LogP contribution in [0.15, 0.2) is 83.9 Å². The number of aliphatic carboxylic acids is 1. The van der Waals surface area contributed by atoms with Gasteiger partial charge in [-0.2, -0.15) is 0 Å². The van der Waals surface area contributed by atoms with Crippen molar-refractivity contribution in [3.05, 3.63) is 101 Å². The van der Waals surface area contributed by atoms with Crippen LogP contribution in [0.3, 0.4) is 0 Å². The van der Waals surface area contributed by atoms with Crippen LogP contribution in [0.25, 0.3) is 0 Å². The number of alkyl halides is 1. The fourth-order valence-corrected chi connectivity index (χ4v) is 4.61. The Morgan fingerprint density at radius 2 is 1.77 bits per heavy atom. The number of halogens is 2. The molecule has 0 spiro atoms. The third-order valence-electron chi connectivity index (χ3n) is 5.88. The molecule has 0 unspecified atom stereocenters. The van der Waals surface area contributed by atoms with E-state index in [1.807, 2.05) is 48.5 Å². The molecule has 1 fully saturated rings. The summed E-state index contributed by atoms with van der Waals surface area (Å²) in [5.74, 6) is -1.23. The minimum absolute atomic E-state index is 0.108. The first-order chi connectivity index (χ1) is 16.9. The topological polar surface area (TPSA) is 82.0 Å². The fourth-order valence-electron chi connectivity index (χ4n) is 4.23. The summed E-state index contributed by atoms with van der Waals surface area (Å²) in [5.41, 5.74) is 3.37. The van der Waals surface area contributed by atoms with Gasteiger partial charge in [-0.15, -0.1) is 0 Å². The molecule has 1 heterocycles. The molecule has 0 radical (unpaired) electrons. The number of nitrogens with one attached hydrogen (secondary N) is 1. The second kappa shape index (κ2) is 11.6. The van der Waals surface area contributed by atoms with Gasteiger partial charge in [0.15, 0.2) is 0 Å². The van der Waals surface area contributed by atoms with Crippen molar-refractivity contribution in [1.29, 1.82) is 0 Å². The minimum Gasteiger partial charge on any atom is -0.479 e. The van der Waals surface area contributed by atoms with Crippen LogP contribution in [0.2, 0.25) is 5.02 Å². The molecule has 0 bridgehead atoms. The number of hydrogen-bond donors (Lipinski definition) is 2. The van der Waals surface area contributed by atoms with Gasteiger partial charge in [0.1, 0.15) is 0 Å². The molecule has 6 nitrogen and oxygen atoms in total. The van der Waals surface area contributed by atoms with Crippen LogP contribution in [0, 0.1) is 0 Å². The molecule has 2 N–H and O–H groups in total. The summed E-state index contributed by atoms with van der Waals surface area (Å²) in [6, 6.07) is 24.2. The number of hydrogen-bond acceptors (Lipinski definition) is 4. The zero-order valence-corrected chi connectivity index (χ0v) is 21.2. The molecule has 2 atom stereocenters. The number of carbonyl (C=O) groups excluding carboxylic acids is 1. The number of nitrogens with zero attached hydrogens (tertiary/aromatic N) is 2. The first kappa shape index (κ1) is 25.1. The van der Waals surface area contributed by atoms with E-state index < -0.39 is 10.9 Å². The standard InChI is InChI=1S/C27H25BrClN3O3/c28-25(27(34)35)31-24(19-10-5-2-6-11-19)21-16-20(29)13-14-22(21)30-26(33)23-12-7-15-32(23)17-18-8-3-1-4-9-18/h1-6,8-11,13-14,16,23,25H,7,12,15,17H2,(H,30,33)(H,34,35)/b31-24-/t23-,25+/m0/s1. The largest absolute Gasteiger partial charge is 0.479 e. The van der Waals surface area contributed by atoms with Crippen molar-refractivity contribution < 1.29 is 14.7 Å². The molecular formula is C27H25BrClN3O3. The zero-order valence-electron chi connectivity index (χ0n) is 18.9. The maximum atomic E-state index is 13.4. The molecule has 35 heavy (non-hydrogen) atoms. The van der Waals surface area contributed by atoms with Crippen molar-refractivity contribution in [3.8, 4) is 0 Å². The van der Waals surface area contributed by atoms with Gasteiger partial charge in [-0.25, -0.2) is 4.79 Å². The van der Waals surface area contributed by atoms with E-state index in [1.165, 1.54) is 0 Å². The Bertz CT molecular complexity index is 1220. The number of aliphatic imine (C=N–C) groups is 1. The first-order valence-electron chi connectivity index (χ1n) is 11.3. The van der Waals surface area contributed by atoms with Crippen molar-refractivity contribution >= 4 is 50.8 Å². The van der Waals surface area contributed by atoms with Crippen molar-refractivity contribution in [3.63, 3.8) is 0 Å². The average molecular weight is 555 g/mol. The lowest BCUT2D eigenvalue weighted by molar-refractivity contribution is -0.136. The Hall–Kier alpha value is -3.00. The Labute approximate surface area is 217 Å². The number of likely N-dealkylation sites (tertiary alicyclic amines) is 1. The van der Waals surface area contributed by atoms with Gasteiger partial charge >= 0.3 is 5.97 Å². The highest BCUT2D eigenvalue weighted by molar-refractivity contribution is 9.10. The molecule has 8 heteroatoms. The highest BCUT2D eigenvalue weighted by atomic mass is 79.9. The van der Waals surface area contributed by atoms with Gasteiger partial charge in [-0.3, -0.25) is 14.7 Å².